The number of hydrogen-bond acceptors (Lipinski definition) is 7. The number of esters is 1. The summed E-state index contributed by atoms with van der Waals surface area (Å²) >= 11 is 1.16. The first-order valence-electron chi connectivity index (χ1n) is 5.47. The lowest BCUT2D eigenvalue weighted by Gasteiger charge is -2.05. The van der Waals surface area contributed by atoms with E-state index >= 15 is 0 Å². The lowest BCUT2D eigenvalue weighted by molar-refractivity contribution is 0.0596. The summed E-state index contributed by atoms with van der Waals surface area (Å²) in [5.41, 5.74) is 7.11. The molecule has 0 atom stereocenters. The molecule has 0 unspecified atom stereocenters. The Bertz CT molecular complexity index is 605. The summed E-state index contributed by atoms with van der Waals surface area (Å²) < 4.78 is 10.1. The molecule has 0 amide bonds. The zero-order valence-corrected chi connectivity index (χ0v) is 11.6. The Morgan fingerprint density at radius 3 is 2.79 bits per heavy atom. The van der Waals surface area contributed by atoms with Crippen molar-refractivity contribution in [2.45, 2.75) is 24.1 Å². The summed E-state index contributed by atoms with van der Waals surface area (Å²) in [6, 6.07) is 1.52. The second-order valence-corrected chi connectivity index (χ2v) is 4.78. The van der Waals surface area contributed by atoms with Crippen LogP contribution in [0.2, 0.25) is 0 Å². The minimum absolute atomic E-state index is 0.293. The molecule has 6 nitrogen and oxygen atoms in total. The van der Waals surface area contributed by atoms with Crippen LogP contribution >= 0.6 is 11.8 Å². The van der Waals surface area contributed by atoms with Crippen LogP contribution in [0.1, 0.15) is 21.8 Å². The lowest BCUT2D eigenvalue weighted by atomic mass is 10.3. The van der Waals surface area contributed by atoms with Crippen LogP contribution in [0.4, 0.5) is 5.69 Å². The van der Waals surface area contributed by atoms with Gasteiger partial charge in [0.1, 0.15) is 10.8 Å². The fourth-order valence-corrected chi connectivity index (χ4v) is 2.25. The zero-order valence-electron chi connectivity index (χ0n) is 10.8. The highest BCUT2D eigenvalue weighted by Gasteiger charge is 2.17. The molecule has 0 fully saturated rings. The molecular formula is C12H13N3O3S. The Labute approximate surface area is 114 Å². The highest BCUT2D eigenvalue weighted by atomic mass is 32.2. The molecule has 0 aliphatic rings. The minimum atomic E-state index is -0.498. The van der Waals surface area contributed by atoms with Gasteiger partial charge >= 0.3 is 5.97 Å². The van der Waals surface area contributed by atoms with Gasteiger partial charge in [0.2, 0.25) is 0 Å². The molecule has 0 spiro atoms. The average Bonchev–Trinajstić information content (AvgIpc) is 2.69. The van der Waals surface area contributed by atoms with Gasteiger partial charge in [-0.05, 0) is 31.7 Å². The number of nitrogens with two attached hydrogens (primary N) is 1. The molecule has 0 bridgehead atoms. The SMILES string of the molecule is COC(=O)c1cc(N)cnc1Sc1nc(C)c(C)o1. The van der Waals surface area contributed by atoms with Crippen LogP contribution in [-0.4, -0.2) is 23.0 Å². The van der Waals surface area contributed by atoms with Crippen LogP contribution in [0.15, 0.2) is 26.9 Å². The first-order valence-corrected chi connectivity index (χ1v) is 6.28. The number of rotatable bonds is 3. The van der Waals surface area contributed by atoms with Crippen LogP contribution in [0.25, 0.3) is 0 Å². The maximum absolute atomic E-state index is 11.7. The van der Waals surface area contributed by atoms with Gasteiger partial charge in [-0.1, -0.05) is 0 Å². The molecule has 7 heteroatoms. The van der Waals surface area contributed by atoms with Crippen LogP contribution in [-0.2, 0) is 4.74 Å². The molecule has 0 radical (unpaired) electrons. The van der Waals surface area contributed by atoms with Gasteiger partial charge in [0.25, 0.3) is 5.22 Å². The van der Waals surface area contributed by atoms with Crippen molar-refractivity contribution in [3.63, 3.8) is 0 Å². The molecule has 0 saturated carbocycles. The van der Waals surface area contributed by atoms with E-state index in [1.807, 2.05) is 13.8 Å². The maximum atomic E-state index is 11.7. The predicted molar refractivity (Wildman–Crippen MR) is 70.1 cm³/mol. The summed E-state index contributed by atoms with van der Waals surface area (Å²) in [4.78, 5) is 20.0. The monoisotopic (exact) mass is 279 g/mol. The summed E-state index contributed by atoms with van der Waals surface area (Å²) in [6.07, 6.45) is 1.47. The summed E-state index contributed by atoms with van der Waals surface area (Å²) in [5, 5.41) is 0.875. The first-order chi connectivity index (χ1) is 9.01. The Morgan fingerprint density at radius 1 is 1.47 bits per heavy atom. The van der Waals surface area contributed by atoms with Gasteiger partial charge in [-0.25, -0.2) is 14.8 Å². The summed E-state index contributed by atoms with van der Waals surface area (Å²) in [7, 11) is 1.30. The number of carbonyl (C=O) groups is 1. The number of aromatic nitrogens is 2. The lowest BCUT2D eigenvalue weighted by Crippen LogP contribution is -2.05. The standard InChI is InChI=1S/C12H13N3O3S/c1-6-7(2)18-12(15-6)19-10-9(11(16)17-3)4-8(13)5-14-10/h4-5H,13H2,1-3H3. The molecule has 2 heterocycles. The van der Waals surface area contributed by atoms with Gasteiger partial charge in [-0.15, -0.1) is 0 Å². The van der Waals surface area contributed by atoms with Crippen molar-refractivity contribution in [3.8, 4) is 0 Å². The largest absolute Gasteiger partial charge is 0.465 e. The molecule has 0 saturated heterocycles. The number of oxazole rings is 1. The van der Waals surface area contributed by atoms with Gasteiger partial charge in [-0.2, -0.15) is 0 Å². The molecule has 2 rings (SSSR count). The van der Waals surface area contributed by atoms with E-state index in [0.29, 0.717) is 21.5 Å². The van der Waals surface area contributed by atoms with Crippen LogP contribution < -0.4 is 5.73 Å². The zero-order chi connectivity index (χ0) is 14.0. The van der Waals surface area contributed by atoms with E-state index in [9.17, 15) is 4.79 Å². The quantitative estimate of drug-likeness (QED) is 0.861. The van der Waals surface area contributed by atoms with E-state index in [1.54, 1.807) is 0 Å². The number of aryl methyl sites for hydroxylation is 2. The molecular weight excluding hydrogens is 266 g/mol. The second kappa shape index (κ2) is 5.31. The normalized spacial score (nSPS) is 10.5. The topological polar surface area (TPSA) is 91.2 Å². The van der Waals surface area contributed by atoms with Gasteiger partial charge in [0, 0.05) is 0 Å². The second-order valence-electron chi connectivity index (χ2n) is 3.84. The average molecular weight is 279 g/mol. The number of anilines is 1. The van der Waals surface area contributed by atoms with E-state index < -0.39 is 5.97 Å². The number of methoxy groups -OCH3 is 1. The van der Waals surface area contributed by atoms with Crippen molar-refractivity contribution in [1.82, 2.24) is 9.97 Å². The highest BCUT2D eigenvalue weighted by molar-refractivity contribution is 7.99. The van der Waals surface area contributed by atoms with E-state index in [1.165, 1.54) is 19.4 Å². The van der Waals surface area contributed by atoms with Crippen molar-refractivity contribution >= 4 is 23.4 Å². The van der Waals surface area contributed by atoms with E-state index in [4.69, 9.17) is 14.9 Å². The molecule has 2 aromatic rings. The third-order valence-corrected chi connectivity index (χ3v) is 3.34. The molecule has 100 valence electrons. The molecule has 0 aliphatic heterocycles. The van der Waals surface area contributed by atoms with Crippen LogP contribution in [0, 0.1) is 13.8 Å². The number of nitrogen functional groups attached to an aromatic ring is 1. The van der Waals surface area contributed by atoms with Gasteiger partial charge in [0.05, 0.1) is 30.3 Å². The molecule has 0 aromatic carbocycles. The number of nitrogens with zero attached hydrogens (tertiary/aromatic N) is 2. The maximum Gasteiger partial charge on any atom is 0.340 e. The van der Waals surface area contributed by atoms with Crippen molar-refractivity contribution in [2.75, 3.05) is 12.8 Å². The molecule has 19 heavy (non-hydrogen) atoms. The Morgan fingerprint density at radius 2 is 2.21 bits per heavy atom. The van der Waals surface area contributed by atoms with Gasteiger partial charge in [0.15, 0.2) is 0 Å². The number of ether oxygens (including phenoxy) is 1. The fourth-order valence-electron chi connectivity index (χ4n) is 1.38. The van der Waals surface area contributed by atoms with Gasteiger partial charge in [-0.3, -0.25) is 0 Å². The van der Waals surface area contributed by atoms with Crippen LogP contribution in [0.5, 0.6) is 0 Å². The fraction of sp³-hybridized carbons (Fsp3) is 0.250. The summed E-state index contributed by atoms with van der Waals surface area (Å²) in [5.74, 6) is 0.236. The summed E-state index contributed by atoms with van der Waals surface area (Å²) in [6.45, 7) is 3.67. The van der Waals surface area contributed by atoms with Crippen molar-refractivity contribution in [3.05, 3.63) is 29.3 Å². The van der Waals surface area contributed by atoms with Crippen LogP contribution in [0.3, 0.4) is 0 Å². The van der Waals surface area contributed by atoms with Gasteiger partial charge < -0.3 is 14.9 Å². The van der Waals surface area contributed by atoms with Crippen molar-refractivity contribution in [2.24, 2.45) is 0 Å². The van der Waals surface area contributed by atoms with E-state index in [-0.39, 0.29) is 0 Å². The number of carbonyl (C=O) groups excluding carboxylic acids is 1. The minimum Gasteiger partial charge on any atom is -0.465 e. The molecule has 0 aliphatic carbocycles. The smallest absolute Gasteiger partial charge is 0.340 e. The number of pyridine rings is 1. The predicted octanol–water partition coefficient (Wildman–Crippen LogP) is 2.21. The Hall–Kier alpha value is -2.02. The van der Waals surface area contributed by atoms with E-state index in [2.05, 4.69) is 9.97 Å². The molecule has 2 aromatic heterocycles. The molecule has 2 N–H and O–H groups in total. The highest BCUT2D eigenvalue weighted by Crippen LogP contribution is 2.30. The first kappa shape index (κ1) is 13.4. The Balaban J connectivity index is 2.36. The third-order valence-electron chi connectivity index (χ3n) is 2.47. The van der Waals surface area contributed by atoms with Crippen molar-refractivity contribution in [1.29, 1.82) is 0 Å². The number of hydrogen-bond donors (Lipinski definition) is 1. The third kappa shape index (κ3) is 2.87. The van der Waals surface area contributed by atoms with E-state index in [0.717, 1.165) is 23.2 Å². The van der Waals surface area contributed by atoms with Crippen molar-refractivity contribution < 1.29 is 13.9 Å². The Kier molecular flexibility index (Phi) is 3.75.